The molecule has 0 aliphatic carbocycles. The zero-order chi connectivity index (χ0) is 15.2. The Balaban J connectivity index is 1.94. The van der Waals surface area contributed by atoms with Crippen LogP contribution in [0.2, 0.25) is 0 Å². The molecule has 1 amide bonds. The van der Waals surface area contributed by atoms with Gasteiger partial charge < -0.3 is 10.1 Å². The molecule has 108 valence electrons. The van der Waals surface area contributed by atoms with Crippen LogP contribution in [0, 0.1) is 11.6 Å². The number of anilines is 1. The summed E-state index contributed by atoms with van der Waals surface area (Å²) in [6.45, 7) is -0.637. The molecule has 0 saturated carbocycles. The fourth-order valence-corrected chi connectivity index (χ4v) is 1.61. The van der Waals surface area contributed by atoms with Crippen molar-refractivity contribution in [3.63, 3.8) is 0 Å². The smallest absolute Gasteiger partial charge is 0.344 e. The van der Waals surface area contributed by atoms with Gasteiger partial charge in [0.1, 0.15) is 17.2 Å². The van der Waals surface area contributed by atoms with Crippen molar-refractivity contribution >= 4 is 17.6 Å². The molecule has 2 aromatic rings. The first-order chi connectivity index (χ1) is 10.1. The van der Waals surface area contributed by atoms with Gasteiger partial charge in [0.05, 0.1) is 0 Å². The molecule has 0 bridgehead atoms. The highest BCUT2D eigenvalue weighted by Crippen LogP contribution is 2.13. The lowest BCUT2D eigenvalue weighted by Crippen LogP contribution is -2.21. The zero-order valence-corrected chi connectivity index (χ0v) is 10.8. The number of para-hydroxylation sites is 1. The van der Waals surface area contributed by atoms with E-state index in [0.29, 0.717) is 5.69 Å². The minimum atomic E-state index is -1.23. The normalized spacial score (nSPS) is 10.0. The van der Waals surface area contributed by atoms with Gasteiger partial charge in [0.2, 0.25) is 0 Å². The lowest BCUT2D eigenvalue weighted by Gasteiger charge is -2.07. The average Bonchev–Trinajstić information content (AvgIpc) is 2.46. The third-order valence-corrected chi connectivity index (χ3v) is 2.56. The first-order valence-corrected chi connectivity index (χ1v) is 6.04. The minimum Gasteiger partial charge on any atom is -0.452 e. The zero-order valence-electron chi connectivity index (χ0n) is 10.8. The van der Waals surface area contributed by atoms with Crippen LogP contribution < -0.4 is 5.32 Å². The summed E-state index contributed by atoms with van der Waals surface area (Å²) in [7, 11) is 0. The van der Waals surface area contributed by atoms with E-state index in [4.69, 9.17) is 0 Å². The molecule has 0 spiro atoms. The Kier molecular flexibility index (Phi) is 4.61. The van der Waals surface area contributed by atoms with Crippen molar-refractivity contribution in [3.05, 3.63) is 65.7 Å². The highest BCUT2D eigenvalue weighted by atomic mass is 19.1. The van der Waals surface area contributed by atoms with E-state index in [-0.39, 0.29) is 0 Å². The Morgan fingerprint density at radius 1 is 0.952 bits per heavy atom. The van der Waals surface area contributed by atoms with Crippen LogP contribution in [-0.2, 0) is 9.53 Å². The number of esters is 1. The number of halogens is 2. The van der Waals surface area contributed by atoms with Gasteiger partial charge in [-0.25, -0.2) is 13.6 Å². The molecule has 0 atom stereocenters. The number of carbonyl (C=O) groups excluding carboxylic acids is 2. The summed E-state index contributed by atoms with van der Waals surface area (Å²) in [4.78, 5) is 23.1. The van der Waals surface area contributed by atoms with Crippen molar-refractivity contribution in [3.8, 4) is 0 Å². The van der Waals surface area contributed by atoms with Crippen LogP contribution in [0.4, 0.5) is 14.5 Å². The molecule has 0 aliphatic rings. The third-order valence-electron chi connectivity index (χ3n) is 2.56. The van der Waals surface area contributed by atoms with Gasteiger partial charge in [-0.15, -0.1) is 0 Å². The predicted octanol–water partition coefficient (Wildman–Crippen LogP) is 2.76. The van der Waals surface area contributed by atoms with E-state index in [2.05, 4.69) is 10.1 Å². The molecule has 0 aromatic heterocycles. The molecule has 2 aromatic carbocycles. The second-order valence-electron chi connectivity index (χ2n) is 4.09. The molecule has 21 heavy (non-hydrogen) atoms. The average molecular weight is 291 g/mol. The van der Waals surface area contributed by atoms with Crippen LogP contribution in [-0.4, -0.2) is 18.5 Å². The molecule has 0 aliphatic heterocycles. The molecular formula is C15H11F2NO3. The number of rotatable bonds is 4. The number of hydrogen-bond acceptors (Lipinski definition) is 3. The molecule has 2 rings (SSSR count). The Labute approximate surface area is 119 Å². The van der Waals surface area contributed by atoms with Gasteiger partial charge in [-0.05, 0) is 24.3 Å². The Hall–Kier alpha value is -2.76. The first kappa shape index (κ1) is 14.6. The molecule has 0 unspecified atom stereocenters. The van der Waals surface area contributed by atoms with Crippen molar-refractivity contribution in [2.24, 2.45) is 0 Å². The van der Waals surface area contributed by atoms with Crippen molar-refractivity contribution in [2.45, 2.75) is 0 Å². The first-order valence-electron chi connectivity index (χ1n) is 6.04. The number of hydrogen-bond donors (Lipinski definition) is 1. The van der Waals surface area contributed by atoms with Crippen molar-refractivity contribution in [1.29, 1.82) is 0 Å². The maximum Gasteiger partial charge on any atom is 0.344 e. The maximum absolute atomic E-state index is 13.3. The molecule has 0 radical (unpaired) electrons. The molecule has 4 nitrogen and oxygen atoms in total. The lowest BCUT2D eigenvalue weighted by molar-refractivity contribution is -0.119. The quantitative estimate of drug-likeness (QED) is 0.881. The summed E-state index contributed by atoms with van der Waals surface area (Å²) in [6.07, 6.45) is 0. The van der Waals surface area contributed by atoms with Gasteiger partial charge >= 0.3 is 5.97 Å². The minimum absolute atomic E-state index is 0.524. The van der Waals surface area contributed by atoms with Crippen LogP contribution in [0.3, 0.4) is 0 Å². The summed E-state index contributed by atoms with van der Waals surface area (Å²) in [5.74, 6) is -3.91. The van der Waals surface area contributed by atoms with Crippen LogP contribution >= 0.6 is 0 Å². The third kappa shape index (κ3) is 3.85. The number of ether oxygens (including phenoxy) is 1. The van der Waals surface area contributed by atoms with Crippen molar-refractivity contribution in [2.75, 3.05) is 11.9 Å². The largest absolute Gasteiger partial charge is 0.452 e. The lowest BCUT2D eigenvalue weighted by atomic mass is 10.2. The van der Waals surface area contributed by atoms with Crippen LogP contribution in [0.15, 0.2) is 48.5 Å². The molecule has 1 N–H and O–H groups in total. The number of amides is 1. The van der Waals surface area contributed by atoms with E-state index in [1.807, 2.05) is 0 Å². The van der Waals surface area contributed by atoms with Gasteiger partial charge in [0.15, 0.2) is 6.61 Å². The van der Waals surface area contributed by atoms with E-state index in [0.717, 1.165) is 18.2 Å². The Bertz CT molecular complexity index is 639. The van der Waals surface area contributed by atoms with Crippen LogP contribution in [0.25, 0.3) is 0 Å². The fourth-order valence-electron chi connectivity index (χ4n) is 1.61. The van der Waals surface area contributed by atoms with E-state index in [9.17, 15) is 18.4 Å². The summed E-state index contributed by atoms with van der Waals surface area (Å²) in [5.41, 5.74) is -0.291. The molecular weight excluding hydrogens is 280 g/mol. The van der Waals surface area contributed by atoms with Crippen LogP contribution in [0.1, 0.15) is 10.4 Å². The molecule has 0 fully saturated rings. The highest BCUT2D eigenvalue weighted by Gasteiger charge is 2.19. The molecule has 0 saturated heterocycles. The number of benzene rings is 2. The van der Waals surface area contributed by atoms with E-state index in [1.54, 1.807) is 30.3 Å². The molecule has 0 heterocycles. The van der Waals surface area contributed by atoms with Crippen molar-refractivity contribution < 1.29 is 23.1 Å². The summed E-state index contributed by atoms with van der Waals surface area (Å²) < 4.78 is 31.3. The van der Waals surface area contributed by atoms with Crippen molar-refractivity contribution in [1.82, 2.24) is 0 Å². The predicted molar refractivity (Wildman–Crippen MR) is 71.7 cm³/mol. The standard InChI is InChI=1S/C15H11F2NO3/c16-11-7-4-8-12(17)14(11)15(20)21-9-13(19)18-10-5-2-1-3-6-10/h1-8H,9H2,(H,18,19). The van der Waals surface area contributed by atoms with E-state index in [1.165, 1.54) is 0 Å². The summed E-state index contributed by atoms with van der Waals surface area (Å²) in [5, 5.41) is 2.47. The highest BCUT2D eigenvalue weighted by molar-refractivity contribution is 5.95. The Morgan fingerprint density at radius 2 is 1.57 bits per heavy atom. The second-order valence-corrected chi connectivity index (χ2v) is 4.09. The van der Waals surface area contributed by atoms with Gasteiger partial charge in [0.25, 0.3) is 5.91 Å². The van der Waals surface area contributed by atoms with Gasteiger partial charge in [0, 0.05) is 5.69 Å². The fraction of sp³-hybridized carbons (Fsp3) is 0.0667. The SMILES string of the molecule is O=C(COC(=O)c1c(F)cccc1F)Nc1ccccc1. The maximum atomic E-state index is 13.3. The molecule has 6 heteroatoms. The summed E-state index contributed by atoms with van der Waals surface area (Å²) >= 11 is 0. The number of nitrogens with one attached hydrogen (secondary N) is 1. The van der Waals surface area contributed by atoms with E-state index < -0.39 is 35.7 Å². The second kappa shape index (κ2) is 6.60. The Morgan fingerprint density at radius 3 is 2.19 bits per heavy atom. The van der Waals surface area contributed by atoms with Gasteiger partial charge in [-0.2, -0.15) is 0 Å². The topological polar surface area (TPSA) is 55.4 Å². The van der Waals surface area contributed by atoms with Gasteiger partial charge in [-0.3, -0.25) is 4.79 Å². The monoisotopic (exact) mass is 291 g/mol. The summed E-state index contributed by atoms with van der Waals surface area (Å²) in [6, 6.07) is 11.5. The number of carbonyl (C=O) groups is 2. The van der Waals surface area contributed by atoms with Gasteiger partial charge in [-0.1, -0.05) is 24.3 Å². The van der Waals surface area contributed by atoms with Crippen LogP contribution in [0.5, 0.6) is 0 Å². The van der Waals surface area contributed by atoms with E-state index >= 15 is 0 Å².